The second-order valence-electron chi connectivity index (χ2n) is 1.65. The molecular formula is C4H8BrIN-. The number of hydrogen-bond acceptors (Lipinski definition) is 1. The average molecular weight is 277 g/mol. The van der Waals surface area contributed by atoms with E-state index in [9.17, 15) is 0 Å². The van der Waals surface area contributed by atoms with Crippen molar-refractivity contribution in [3.05, 3.63) is 0 Å². The number of rotatable bonds is 1. The van der Waals surface area contributed by atoms with Crippen molar-refractivity contribution in [3.8, 4) is 0 Å². The molecule has 44 valence electrons. The molecule has 1 fully saturated rings. The normalized spacial score (nSPS) is 31.9. The molecule has 0 aliphatic carbocycles. The summed E-state index contributed by atoms with van der Waals surface area (Å²) in [5.41, 5.74) is 0. The Morgan fingerprint density at radius 1 is 1.71 bits per heavy atom. The van der Waals surface area contributed by atoms with Gasteiger partial charge in [-0.3, -0.25) is 0 Å². The van der Waals surface area contributed by atoms with Crippen LogP contribution in [-0.2, 0) is 0 Å². The molecule has 1 nitrogen and oxygen atoms in total. The quantitative estimate of drug-likeness (QED) is 0.335. The fraction of sp³-hybridized carbons (Fsp3) is 1.00. The fourth-order valence-electron chi connectivity index (χ4n) is 0.712. The van der Waals surface area contributed by atoms with Crippen LogP contribution in [0.15, 0.2) is 0 Å². The molecule has 1 heterocycles. The minimum atomic E-state index is 0.305. The van der Waals surface area contributed by atoms with E-state index in [-0.39, 0.29) is 0 Å². The number of hydrogen-bond donors (Lipinski definition) is 1. The van der Waals surface area contributed by atoms with E-state index in [0.717, 1.165) is 4.05 Å². The average Bonchev–Trinajstić information content (AvgIpc) is 2.14. The molecule has 0 aromatic rings. The fourth-order valence-corrected chi connectivity index (χ4v) is 3.85. The summed E-state index contributed by atoms with van der Waals surface area (Å²) in [6, 6.07) is 0. The molecule has 1 aliphatic rings. The monoisotopic (exact) mass is 276 g/mol. The topological polar surface area (TPSA) is 12.0 Å². The van der Waals surface area contributed by atoms with Gasteiger partial charge in [-0.1, -0.05) is 0 Å². The Bertz CT molecular complexity index is 53.7. The molecule has 1 N–H and O–H groups in total. The van der Waals surface area contributed by atoms with E-state index in [4.69, 9.17) is 0 Å². The Hall–Kier alpha value is 1.17. The molecule has 0 spiro atoms. The Balaban J connectivity index is 2.14. The van der Waals surface area contributed by atoms with Crippen molar-refractivity contribution < 1.29 is 19.0 Å². The third-order valence-corrected chi connectivity index (χ3v) is 5.53. The number of alkyl halides is 1. The van der Waals surface area contributed by atoms with E-state index >= 15 is 0 Å². The van der Waals surface area contributed by atoms with Crippen molar-refractivity contribution >= 4 is 12.7 Å². The van der Waals surface area contributed by atoms with E-state index in [1.165, 1.54) is 19.4 Å². The van der Waals surface area contributed by atoms with E-state index in [2.05, 4.69) is 18.0 Å². The third kappa shape index (κ3) is 1.85. The van der Waals surface area contributed by atoms with Crippen LogP contribution in [0.25, 0.3) is 0 Å². The van der Waals surface area contributed by atoms with Crippen molar-refractivity contribution in [1.29, 1.82) is 0 Å². The molecule has 0 aromatic carbocycles. The van der Waals surface area contributed by atoms with Gasteiger partial charge in [-0.2, -0.15) is 0 Å². The van der Waals surface area contributed by atoms with Crippen molar-refractivity contribution in [2.75, 3.05) is 6.54 Å². The molecule has 0 bridgehead atoms. The van der Waals surface area contributed by atoms with Crippen molar-refractivity contribution in [2.45, 2.75) is 16.9 Å². The third-order valence-electron chi connectivity index (χ3n) is 1.10. The second kappa shape index (κ2) is 3.25. The van der Waals surface area contributed by atoms with Crippen LogP contribution in [0, 0.1) is 0 Å². The van der Waals surface area contributed by atoms with Gasteiger partial charge in [0.1, 0.15) is 0 Å². The Morgan fingerprint density at radius 2 is 2.57 bits per heavy atom. The van der Waals surface area contributed by atoms with Crippen LogP contribution in [0.2, 0.25) is 0 Å². The van der Waals surface area contributed by atoms with Gasteiger partial charge in [-0.15, -0.1) is 0 Å². The molecule has 7 heavy (non-hydrogen) atoms. The predicted octanol–water partition coefficient (Wildman–Crippen LogP) is -1.91. The van der Waals surface area contributed by atoms with Crippen LogP contribution in [0.3, 0.4) is 0 Å². The first-order chi connectivity index (χ1) is 3.43. The molecular weight excluding hydrogens is 269 g/mol. The summed E-state index contributed by atoms with van der Waals surface area (Å²) >= 11 is 3.83. The van der Waals surface area contributed by atoms with Crippen LogP contribution in [0.1, 0.15) is 12.8 Å². The van der Waals surface area contributed by atoms with Gasteiger partial charge in [0.2, 0.25) is 0 Å². The predicted molar refractivity (Wildman–Crippen MR) is 30.0 cm³/mol. The van der Waals surface area contributed by atoms with Crippen molar-refractivity contribution in [1.82, 2.24) is 5.32 Å². The van der Waals surface area contributed by atoms with Crippen LogP contribution in [-0.4, -0.2) is 10.6 Å². The zero-order valence-electron chi connectivity index (χ0n) is 3.95. The van der Waals surface area contributed by atoms with Gasteiger partial charge in [-0.05, 0) is 0 Å². The summed E-state index contributed by atoms with van der Waals surface area (Å²) in [6.45, 7) is 1.25. The van der Waals surface area contributed by atoms with Gasteiger partial charge in [-0.25, -0.2) is 0 Å². The standard InChI is InChI=1S/C4H8BrIN/c5-6-4-2-1-3-7-4/h4,7H,1-3H2/q-1. The molecule has 1 rings (SSSR count). The van der Waals surface area contributed by atoms with E-state index < -0.39 is 0 Å². The maximum atomic E-state index is 3.52. The summed E-state index contributed by atoms with van der Waals surface area (Å²) in [5, 5.41) is 3.41. The van der Waals surface area contributed by atoms with E-state index in [0.29, 0.717) is 19.0 Å². The van der Waals surface area contributed by atoms with Gasteiger partial charge in [0, 0.05) is 0 Å². The molecule has 1 saturated heterocycles. The zero-order valence-corrected chi connectivity index (χ0v) is 7.70. The zero-order chi connectivity index (χ0) is 5.11. The molecule has 0 radical (unpaired) electrons. The van der Waals surface area contributed by atoms with E-state index in [1.54, 1.807) is 0 Å². The number of nitrogens with one attached hydrogen (secondary N) is 1. The second-order valence-corrected chi connectivity index (χ2v) is 5.94. The van der Waals surface area contributed by atoms with Gasteiger partial charge < -0.3 is 0 Å². The van der Waals surface area contributed by atoms with Crippen molar-refractivity contribution in [2.24, 2.45) is 0 Å². The van der Waals surface area contributed by atoms with Crippen LogP contribution < -0.4 is 24.3 Å². The van der Waals surface area contributed by atoms with Gasteiger partial charge in [0.25, 0.3) is 0 Å². The van der Waals surface area contributed by atoms with Gasteiger partial charge in [0.05, 0.1) is 0 Å². The molecule has 0 aromatic heterocycles. The molecule has 0 saturated carbocycles. The Labute approximate surface area is 60.3 Å². The first kappa shape index (κ1) is 6.29. The van der Waals surface area contributed by atoms with Crippen LogP contribution in [0.4, 0.5) is 0 Å². The van der Waals surface area contributed by atoms with Gasteiger partial charge >= 0.3 is 60.4 Å². The summed E-state index contributed by atoms with van der Waals surface area (Å²) in [6.07, 6.45) is 2.79. The first-order valence-electron chi connectivity index (χ1n) is 2.41. The summed E-state index contributed by atoms with van der Waals surface area (Å²) in [4.78, 5) is 0. The SMILES string of the molecule is Br[I-]C1CCCN1. The molecule has 3 heteroatoms. The van der Waals surface area contributed by atoms with E-state index in [1.807, 2.05) is 0 Å². The minimum absolute atomic E-state index is 0.305. The Morgan fingerprint density at radius 3 is 2.86 bits per heavy atom. The van der Waals surface area contributed by atoms with Crippen LogP contribution >= 0.6 is 12.7 Å². The molecule has 1 unspecified atom stereocenters. The number of halogens is 2. The molecule has 1 aliphatic heterocycles. The van der Waals surface area contributed by atoms with Crippen LogP contribution in [0.5, 0.6) is 0 Å². The maximum absolute atomic E-state index is 3.52. The summed E-state index contributed by atoms with van der Waals surface area (Å²) in [5.74, 6) is 0. The van der Waals surface area contributed by atoms with Crippen molar-refractivity contribution in [3.63, 3.8) is 0 Å². The summed E-state index contributed by atoms with van der Waals surface area (Å²) in [7, 11) is 0. The first-order valence-corrected chi connectivity index (χ1v) is 8.49. The molecule has 0 amide bonds. The molecule has 1 atom stereocenters. The summed E-state index contributed by atoms with van der Waals surface area (Å²) < 4.78 is 0.874. The Kier molecular flexibility index (Phi) is 2.92. The van der Waals surface area contributed by atoms with Gasteiger partial charge in [0.15, 0.2) is 0 Å².